The van der Waals surface area contributed by atoms with E-state index < -0.39 is 11.8 Å². The maximum Gasteiger partial charge on any atom is 0.325 e. The summed E-state index contributed by atoms with van der Waals surface area (Å²) >= 11 is 6.99. The van der Waals surface area contributed by atoms with Crippen LogP contribution < -0.4 is 15.4 Å². The van der Waals surface area contributed by atoms with E-state index in [2.05, 4.69) is 20.8 Å². The molecule has 0 saturated carbocycles. The normalized spacial score (nSPS) is 10.3. The lowest BCUT2D eigenvalue weighted by Gasteiger charge is -2.05. The van der Waals surface area contributed by atoms with Crippen molar-refractivity contribution in [3.8, 4) is 5.75 Å². The first-order chi connectivity index (χ1) is 12.1. The number of halogens is 2. The molecule has 6 nitrogen and oxygen atoms in total. The van der Waals surface area contributed by atoms with E-state index in [-0.39, 0.29) is 12.4 Å². The zero-order valence-corrected chi connectivity index (χ0v) is 14.3. The van der Waals surface area contributed by atoms with Crippen molar-refractivity contribution in [1.29, 1.82) is 0 Å². The number of aromatic nitrogens is 2. The number of amides is 2. The van der Waals surface area contributed by atoms with Gasteiger partial charge in [0.2, 0.25) is 5.13 Å². The Bertz CT molecular complexity index is 890. The van der Waals surface area contributed by atoms with Crippen molar-refractivity contribution in [2.75, 3.05) is 10.6 Å². The predicted octanol–water partition coefficient (Wildman–Crippen LogP) is 4.55. The Hall–Kier alpha value is -2.71. The Morgan fingerprint density at radius 2 is 2.00 bits per heavy atom. The molecule has 0 unspecified atom stereocenters. The highest BCUT2D eigenvalue weighted by atomic mass is 35.5. The number of nitrogens with one attached hydrogen (secondary N) is 2. The zero-order chi connectivity index (χ0) is 17.6. The van der Waals surface area contributed by atoms with Crippen molar-refractivity contribution in [1.82, 2.24) is 10.2 Å². The number of rotatable bonds is 5. The van der Waals surface area contributed by atoms with Gasteiger partial charge in [-0.15, -0.1) is 10.2 Å². The van der Waals surface area contributed by atoms with Crippen molar-refractivity contribution < 1.29 is 13.9 Å². The Kier molecular flexibility index (Phi) is 5.42. The fraction of sp³-hybridized carbons (Fsp3) is 0.0625. The number of nitrogens with zero attached hydrogens (tertiary/aromatic N) is 2. The molecular formula is C16H12ClFN4O2S. The quantitative estimate of drug-likeness (QED) is 0.682. The Morgan fingerprint density at radius 1 is 1.16 bits per heavy atom. The molecule has 1 aromatic heterocycles. The Balaban J connectivity index is 1.54. The summed E-state index contributed by atoms with van der Waals surface area (Å²) in [5, 5.41) is 14.2. The van der Waals surface area contributed by atoms with Crippen LogP contribution in [-0.4, -0.2) is 16.2 Å². The van der Waals surface area contributed by atoms with Crippen LogP contribution in [0.15, 0.2) is 48.5 Å². The molecule has 9 heteroatoms. The monoisotopic (exact) mass is 378 g/mol. The van der Waals surface area contributed by atoms with Crippen molar-refractivity contribution in [3.63, 3.8) is 0 Å². The minimum absolute atomic E-state index is 0.0518. The van der Waals surface area contributed by atoms with Gasteiger partial charge in [-0.3, -0.25) is 5.32 Å². The van der Waals surface area contributed by atoms with E-state index in [1.165, 1.54) is 12.1 Å². The molecule has 0 saturated heterocycles. The average molecular weight is 379 g/mol. The second-order valence-electron chi connectivity index (χ2n) is 4.81. The van der Waals surface area contributed by atoms with Gasteiger partial charge in [0.15, 0.2) is 16.6 Å². The second kappa shape index (κ2) is 7.91. The lowest BCUT2D eigenvalue weighted by molar-refractivity contribution is 0.262. The van der Waals surface area contributed by atoms with Gasteiger partial charge < -0.3 is 10.1 Å². The molecule has 0 aliphatic carbocycles. The molecule has 2 N–H and O–H groups in total. The van der Waals surface area contributed by atoms with Gasteiger partial charge in [-0.05, 0) is 30.3 Å². The van der Waals surface area contributed by atoms with Gasteiger partial charge in [0.1, 0.15) is 6.61 Å². The highest BCUT2D eigenvalue weighted by molar-refractivity contribution is 7.15. The van der Waals surface area contributed by atoms with Crippen molar-refractivity contribution in [3.05, 3.63) is 64.4 Å². The molecule has 0 atom stereocenters. The van der Waals surface area contributed by atoms with E-state index in [0.717, 1.165) is 11.3 Å². The van der Waals surface area contributed by atoms with Gasteiger partial charge in [0.25, 0.3) is 0 Å². The number of carbonyl (C=O) groups excluding carboxylic acids is 1. The SMILES string of the molecule is O=C(Nc1cccc(Cl)c1)Nc1nnc(COc2ccccc2F)s1. The molecule has 25 heavy (non-hydrogen) atoms. The van der Waals surface area contributed by atoms with E-state index in [1.54, 1.807) is 36.4 Å². The third kappa shape index (κ3) is 4.88. The smallest absolute Gasteiger partial charge is 0.325 e. The molecule has 0 spiro atoms. The van der Waals surface area contributed by atoms with Gasteiger partial charge in [-0.1, -0.05) is 41.1 Å². The summed E-state index contributed by atoms with van der Waals surface area (Å²) < 4.78 is 18.8. The summed E-state index contributed by atoms with van der Waals surface area (Å²) in [5.41, 5.74) is 0.553. The van der Waals surface area contributed by atoms with E-state index in [1.807, 2.05) is 0 Å². The van der Waals surface area contributed by atoms with Crippen molar-refractivity contribution >= 4 is 39.8 Å². The number of para-hydroxylation sites is 1. The molecule has 3 aromatic rings. The molecule has 3 rings (SSSR count). The summed E-state index contributed by atoms with van der Waals surface area (Å²) in [6, 6.07) is 12.4. The summed E-state index contributed by atoms with van der Waals surface area (Å²) in [7, 11) is 0. The fourth-order valence-electron chi connectivity index (χ4n) is 1.89. The number of benzene rings is 2. The molecule has 0 aliphatic rings. The number of carbonyl (C=O) groups is 1. The summed E-state index contributed by atoms with van der Waals surface area (Å²) in [6.07, 6.45) is 0. The van der Waals surface area contributed by atoms with Gasteiger partial charge in [-0.25, -0.2) is 9.18 Å². The maximum absolute atomic E-state index is 13.5. The second-order valence-corrected chi connectivity index (χ2v) is 6.31. The minimum atomic E-state index is -0.472. The first-order valence-electron chi connectivity index (χ1n) is 7.13. The van der Waals surface area contributed by atoms with Crippen LogP contribution in [0.5, 0.6) is 5.75 Å². The van der Waals surface area contributed by atoms with E-state index in [0.29, 0.717) is 20.8 Å². The number of hydrogen-bond donors (Lipinski definition) is 2. The van der Waals surface area contributed by atoms with Crippen LogP contribution in [0.2, 0.25) is 5.02 Å². The van der Waals surface area contributed by atoms with Crippen LogP contribution in [0.4, 0.5) is 20.0 Å². The molecule has 0 radical (unpaired) electrons. The van der Waals surface area contributed by atoms with Crippen LogP contribution in [0, 0.1) is 5.82 Å². The highest BCUT2D eigenvalue weighted by Gasteiger charge is 2.10. The van der Waals surface area contributed by atoms with Gasteiger partial charge >= 0.3 is 6.03 Å². The number of urea groups is 1. The average Bonchev–Trinajstić information content (AvgIpc) is 3.01. The van der Waals surface area contributed by atoms with Crippen molar-refractivity contribution in [2.45, 2.75) is 6.61 Å². The molecule has 0 bridgehead atoms. The highest BCUT2D eigenvalue weighted by Crippen LogP contribution is 2.21. The first-order valence-corrected chi connectivity index (χ1v) is 8.33. The number of anilines is 2. The largest absolute Gasteiger partial charge is 0.483 e. The van der Waals surface area contributed by atoms with Gasteiger partial charge in [0.05, 0.1) is 0 Å². The standard InChI is InChI=1S/C16H12ClFN4O2S/c17-10-4-3-5-11(8-10)19-15(23)20-16-22-21-14(25-16)9-24-13-7-2-1-6-12(13)18/h1-8H,9H2,(H2,19,20,22,23). The van der Waals surface area contributed by atoms with Crippen molar-refractivity contribution in [2.24, 2.45) is 0 Å². The fourth-order valence-corrected chi connectivity index (χ4v) is 2.73. The van der Waals surface area contributed by atoms with E-state index in [9.17, 15) is 9.18 Å². The van der Waals surface area contributed by atoms with Gasteiger partial charge in [0, 0.05) is 10.7 Å². The molecule has 128 valence electrons. The third-order valence-electron chi connectivity index (χ3n) is 2.96. The lowest BCUT2D eigenvalue weighted by Crippen LogP contribution is -2.19. The van der Waals surface area contributed by atoms with Crippen LogP contribution in [0.3, 0.4) is 0 Å². The molecule has 0 fully saturated rings. The first kappa shape index (κ1) is 17.1. The zero-order valence-electron chi connectivity index (χ0n) is 12.7. The Labute approximate surface area is 151 Å². The molecule has 0 aliphatic heterocycles. The third-order valence-corrected chi connectivity index (χ3v) is 4.00. The maximum atomic E-state index is 13.5. The topological polar surface area (TPSA) is 76.1 Å². The summed E-state index contributed by atoms with van der Waals surface area (Å²) in [4.78, 5) is 11.9. The number of hydrogen-bond acceptors (Lipinski definition) is 5. The molecule has 2 aromatic carbocycles. The van der Waals surface area contributed by atoms with Gasteiger partial charge in [-0.2, -0.15) is 0 Å². The number of ether oxygens (including phenoxy) is 1. The minimum Gasteiger partial charge on any atom is -0.483 e. The van der Waals surface area contributed by atoms with Crippen LogP contribution in [0.25, 0.3) is 0 Å². The van der Waals surface area contributed by atoms with Crippen LogP contribution in [-0.2, 0) is 6.61 Å². The van der Waals surface area contributed by atoms with Crippen LogP contribution >= 0.6 is 22.9 Å². The molecule has 1 heterocycles. The summed E-state index contributed by atoms with van der Waals surface area (Å²) in [5.74, 6) is -0.322. The summed E-state index contributed by atoms with van der Waals surface area (Å²) in [6.45, 7) is 0.0518. The van der Waals surface area contributed by atoms with Crippen LogP contribution in [0.1, 0.15) is 5.01 Å². The Morgan fingerprint density at radius 3 is 2.80 bits per heavy atom. The predicted molar refractivity (Wildman–Crippen MR) is 94.7 cm³/mol. The molecule has 2 amide bonds. The molecular weight excluding hydrogens is 367 g/mol. The lowest BCUT2D eigenvalue weighted by atomic mass is 10.3. The van der Waals surface area contributed by atoms with E-state index in [4.69, 9.17) is 16.3 Å². The van der Waals surface area contributed by atoms with E-state index >= 15 is 0 Å².